The molecule has 1 aromatic heterocycles. The van der Waals surface area contributed by atoms with Crippen LogP contribution in [-0.4, -0.2) is 60.3 Å². The second kappa shape index (κ2) is 8.49. The summed E-state index contributed by atoms with van der Waals surface area (Å²) in [6.45, 7) is 8.06. The Labute approximate surface area is 140 Å². The van der Waals surface area contributed by atoms with Crippen molar-refractivity contribution in [1.29, 1.82) is 0 Å². The zero-order chi connectivity index (χ0) is 14.6. The number of guanidine groups is 1. The molecule has 0 fully saturated rings. The fourth-order valence-electron chi connectivity index (χ4n) is 2.13. The highest BCUT2D eigenvalue weighted by Gasteiger charge is 2.09. The number of aryl methyl sites for hydroxylation is 2. The van der Waals surface area contributed by atoms with E-state index in [0.717, 1.165) is 24.7 Å². The summed E-state index contributed by atoms with van der Waals surface area (Å²) in [6.07, 6.45) is 0. The van der Waals surface area contributed by atoms with Crippen molar-refractivity contribution in [2.45, 2.75) is 27.3 Å². The molecular weight excluding hydrogens is 365 g/mol. The van der Waals surface area contributed by atoms with Crippen LogP contribution in [0.4, 0.5) is 0 Å². The smallest absolute Gasteiger partial charge is 0.195 e. The zero-order valence-electron chi connectivity index (χ0n) is 13.7. The largest absolute Gasteiger partial charge is 0.349 e. The standard InChI is InChI=1S/C14H27N5.HI/c1-11(9-15-14(17(4)5)18(6)7)10-19-13(3)8-12(2)16-19;/h8,11H,9-10H2,1-7H3;1H. The van der Waals surface area contributed by atoms with Crippen molar-refractivity contribution in [2.24, 2.45) is 10.9 Å². The first-order valence-corrected chi connectivity index (χ1v) is 6.71. The van der Waals surface area contributed by atoms with Gasteiger partial charge in [0.05, 0.1) is 5.69 Å². The van der Waals surface area contributed by atoms with Crippen LogP contribution in [0, 0.1) is 19.8 Å². The molecule has 20 heavy (non-hydrogen) atoms. The molecule has 1 rings (SSSR count). The van der Waals surface area contributed by atoms with Crippen molar-refractivity contribution in [3.63, 3.8) is 0 Å². The maximum atomic E-state index is 4.68. The third-order valence-electron chi connectivity index (χ3n) is 2.93. The molecule has 0 aliphatic carbocycles. The van der Waals surface area contributed by atoms with E-state index in [0.29, 0.717) is 5.92 Å². The molecule has 116 valence electrons. The first kappa shape index (κ1) is 19.2. The van der Waals surface area contributed by atoms with E-state index in [2.05, 4.69) is 34.7 Å². The molecule has 6 heteroatoms. The lowest BCUT2D eigenvalue weighted by Gasteiger charge is -2.23. The molecule has 1 aromatic rings. The molecule has 0 aliphatic heterocycles. The summed E-state index contributed by atoms with van der Waals surface area (Å²) >= 11 is 0. The van der Waals surface area contributed by atoms with Crippen LogP contribution in [0.3, 0.4) is 0 Å². The summed E-state index contributed by atoms with van der Waals surface area (Å²) in [5.41, 5.74) is 2.30. The van der Waals surface area contributed by atoms with E-state index in [1.165, 1.54) is 5.69 Å². The van der Waals surface area contributed by atoms with E-state index in [-0.39, 0.29) is 24.0 Å². The highest BCUT2D eigenvalue weighted by molar-refractivity contribution is 14.0. The Morgan fingerprint density at radius 3 is 2.20 bits per heavy atom. The minimum absolute atomic E-state index is 0. The summed E-state index contributed by atoms with van der Waals surface area (Å²) in [4.78, 5) is 8.76. The number of hydrogen-bond donors (Lipinski definition) is 0. The zero-order valence-corrected chi connectivity index (χ0v) is 16.0. The maximum absolute atomic E-state index is 4.68. The van der Waals surface area contributed by atoms with E-state index in [1.807, 2.05) is 44.9 Å². The SMILES string of the molecule is Cc1cc(C)n(CC(C)CN=C(N(C)C)N(C)C)n1.I. The van der Waals surface area contributed by atoms with E-state index < -0.39 is 0 Å². The van der Waals surface area contributed by atoms with Crippen LogP contribution >= 0.6 is 24.0 Å². The average Bonchev–Trinajstić information content (AvgIpc) is 2.56. The van der Waals surface area contributed by atoms with Gasteiger partial charge in [-0.2, -0.15) is 5.10 Å². The number of hydrogen-bond acceptors (Lipinski definition) is 2. The lowest BCUT2D eigenvalue weighted by Crippen LogP contribution is -2.36. The summed E-state index contributed by atoms with van der Waals surface area (Å²) in [5.74, 6) is 1.47. The second-order valence-corrected chi connectivity index (χ2v) is 5.64. The minimum atomic E-state index is 0. The van der Waals surface area contributed by atoms with E-state index in [4.69, 9.17) is 0 Å². The van der Waals surface area contributed by atoms with Gasteiger partial charge in [-0.05, 0) is 25.8 Å². The molecule has 0 saturated heterocycles. The van der Waals surface area contributed by atoms with E-state index >= 15 is 0 Å². The van der Waals surface area contributed by atoms with Crippen LogP contribution in [0.2, 0.25) is 0 Å². The van der Waals surface area contributed by atoms with Gasteiger partial charge in [-0.15, -0.1) is 24.0 Å². The van der Waals surface area contributed by atoms with Crippen molar-refractivity contribution in [2.75, 3.05) is 34.7 Å². The van der Waals surface area contributed by atoms with Crippen molar-refractivity contribution in [3.05, 3.63) is 17.5 Å². The summed E-state index contributed by atoms with van der Waals surface area (Å²) < 4.78 is 2.07. The fourth-order valence-corrected chi connectivity index (χ4v) is 2.13. The van der Waals surface area contributed by atoms with Gasteiger partial charge < -0.3 is 9.80 Å². The molecule has 0 bridgehead atoms. The number of nitrogens with zero attached hydrogens (tertiary/aromatic N) is 5. The van der Waals surface area contributed by atoms with Gasteiger partial charge in [0.25, 0.3) is 0 Å². The number of aromatic nitrogens is 2. The highest BCUT2D eigenvalue weighted by Crippen LogP contribution is 2.07. The molecule has 1 heterocycles. The average molecular weight is 393 g/mol. The first-order valence-electron chi connectivity index (χ1n) is 6.71. The molecule has 0 amide bonds. The van der Waals surface area contributed by atoms with E-state index in [1.54, 1.807) is 0 Å². The van der Waals surface area contributed by atoms with Crippen LogP contribution in [0.5, 0.6) is 0 Å². The highest BCUT2D eigenvalue weighted by atomic mass is 127. The van der Waals surface area contributed by atoms with Crippen LogP contribution in [-0.2, 0) is 6.54 Å². The van der Waals surface area contributed by atoms with Gasteiger partial charge in [0.2, 0.25) is 0 Å². The molecule has 0 N–H and O–H groups in total. The molecule has 0 spiro atoms. The van der Waals surface area contributed by atoms with Gasteiger partial charge in [-0.25, -0.2) is 0 Å². The van der Waals surface area contributed by atoms with Gasteiger partial charge in [-0.3, -0.25) is 9.67 Å². The Hall–Kier alpha value is -0.790. The van der Waals surface area contributed by atoms with Crippen molar-refractivity contribution < 1.29 is 0 Å². The summed E-state index contributed by atoms with van der Waals surface area (Å²) in [6, 6.07) is 2.11. The van der Waals surface area contributed by atoms with Crippen molar-refractivity contribution in [3.8, 4) is 0 Å². The van der Waals surface area contributed by atoms with Gasteiger partial charge in [-0.1, -0.05) is 6.92 Å². The lowest BCUT2D eigenvalue weighted by atomic mass is 10.2. The number of rotatable bonds is 4. The Morgan fingerprint density at radius 2 is 1.80 bits per heavy atom. The fraction of sp³-hybridized carbons (Fsp3) is 0.714. The molecule has 0 saturated carbocycles. The summed E-state index contributed by atoms with van der Waals surface area (Å²) in [7, 11) is 8.07. The maximum Gasteiger partial charge on any atom is 0.195 e. The molecule has 5 nitrogen and oxygen atoms in total. The third kappa shape index (κ3) is 5.68. The minimum Gasteiger partial charge on any atom is -0.349 e. The first-order chi connectivity index (χ1) is 8.81. The topological polar surface area (TPSA) is 36.7 Å². The normalized spacial score (nSPS) is 11.6. The Kier molecular flexibility index (Phi) is 8.15. The predicted octanol–water partition coefficient (Wildman–Crippen LogP) is 2.23. The lowest BCUT2D eigenvalue weighted by molar-refractivity contribution is 0.435. The number of halogens is 1. The van der Waals surface area contributed by atoms with Gasteiger partial charge in [0.15, 0.2) is 5.96 Å². The second-order valence-electron chi connectivity index (χ2n) is 5.64. The van der Waals surface area contributed by atoms with Crippen LogP contribution in [0.1, 0.15) is 18.3 Å². The van der Waals surface area contributed by atoms with Crippen LogP contribution in [0.25, 0.3) is 0 Å². The molecule has 1 unspecified atom stereocenters. The van der Waals surface area contributed by atoms with Gasteiger partial charge in [0, 0.05) is 47.0 Å². The number of aliphatic imine (C=N–C) groups is 1. The monoisotopic (exact) mass is 393 g/mol. The quantitative estimate of drug-likeness (QED) is 0.447. The molecule has 0 aromatic carbocycles. The van der Waals surface area contributed by atoms with Gasteiger partial charge in [0.1, 0.15) is 0 Å². The molecule has 1 atom stereocenters. The molecule has 0 radical (unpaired) electrons. The Balaban J connectivity index is 0.00000361. The Bertz CT molecular complexity index is 427. The van der Waals surface area contributed by atoms with Crippen LogP contribution in [0.15, 0.2) is 11.1 Å². The van der Waals surface area contributed by atoms with Crippen molar-refractivity contribution >= 4 is 29.9 Å². The molecular formula is C14H28IN5. The third-order valence-corrected chi connectivity index (χ3v) is 2.93. The Morgan fingerprint density at radius 1 is 1.25 bits per heavy atom. The van der Waals surface area contributed by atoms with Crippen LogP contribution < -0.4 is 0 Å². The van der Waals surface area contributed by atoms with E-state index in [9.17, 15) is 0 Å². The van der Waals surface area contributed by atoms with Crippen molar-refractivity contribution in [1.82, 2.24) is 19.6 Å². The predicted molar refractivity (Wildman–Crippen MR) is 96.0 cm³/mol. The van der Waals surface area contributed by atoms with Gasteiger partial charge >= 0.3 is 0 Å². The molecule has 0 aliphatic rings. The summed E-state index contributed by atoms with van der Waals surface area (Å²) in [5, 5.41) is 4.49.